The molecule has 1 aliphatic heterocycles. The lowest BCUT2D eigenvalue weighted by Gasteiger charge is -2.38. The second kappa shape index (κ2) is 7.67. The summed E-state index contributed by atoms with van der Waals surface area (Å²) < 4.78 is 42.1. The van der Waals surface area contributed by atoms with Crippen molar-refractivity contribution in [1.29, 1.82) is 0 Å². The molecule has 2 aliphatic carbocycles. The van der Waals surface area contributed by atoms with E-state index in [9.17, 15) is 13.2 Å². The van der Waals surface area contributed by atoms with Gasteiger partial charge in [0.25, 0.3) is 0 Å². The van der Waals surface area contributed by atoms with E-state index in [1.807, 2.05) is 0 Å². The summed E-state index contributed by atoms with van der Waals surface area (Å²) in [4.78, 5) is 6.70. The maximum absolute atomic E-state index is 12.6. The molecule has 1 N–H and O–H groups in total. The molecule has 4 rings (SSSR count). The monoisotopic (exact) mass is 495 g/mol. The van der Waals surface area contributed by atoms with E-state index in [0.717, 1.165) is 25.5 Å². The minimum Gasteiger partial charge on any atom is -0.405 e. The predicted molar refractivity (Wildman–Crippen MR) is 109 cm³/mol. The highest BCUT2D eigenvalue weighted by molar-refractivity contribution is 14.0. The van der Waals surface area contributed by atoms with Crippen LogP contribution in [0.5, 0.6) is 5.75 Å². The highest BCUT2D eigenvalue weighted by Crippen LogP contribution is 2.49. The number of nitrogens with one attached hydrogen (secondary N) is 1. The highest BCUT2D eigenvalue weighted by atomic mass is 127. The van der Waals surface area contributed by atoms with Gasteiger partial charge in [-0.3, -0.25) is 4.99 Å². The molecule has 3 aliphatic rings. The molecule has 150 valence electrons. The molecule has 0 amide bonds. The van der Waals surface area contributed by atoms with Crippen molar-refractivity contribution in [2.75, 3.05) is 20.1 Å². The highest BCUT2D eigenvalue weighted by Gasteiger charge is 2.46. The van der Waals surface area contributed by atoms with Gasteiger partial charge in [0.2, 0.25) is 0 Å². The Hall–Kier alpha value is -1.19. The molecule has 3 fully saturated rings. The lowest BCUT2D eigenvalue weighted by molar-refractivity contribution is -0.274. The van der Waals surface area contributed by atoms with Gasteiger partial charge >= 0.3 is 6.36 Å². The third kappa shape index (κ3) is 4.46. The summed E-state index contributed by atoms with van der Waals surface area (Å²) in [5.41, 5.74) is 1.09. The van der Waals surface area contributed by atoms with Gasteiger partial charge in [0.1, 0.15) is 5.75 Å². The average molecular weight is 495 g/mol. The SMILES string of the molecule is CN=C(NC1CC1c1ccccc1OC(F)(F)F)N1CCC2(CCC2)C1.I. The van der Waals surface area contributed by atoms with E-state index in [1.165, 1.54) is 31.7 Å². The second-order valence-corrected chi connectivity index (χ2v) is 7.75. The number of rotatable bonds is 3. The van der Waals surface area contributed by atoms with E-state index in [4.69, 9.17) is 0 Å². The van der Waals surface area contributed by atoms with E-state index < -0.39 is 6.36 Å². The summed E-state index contributed by atoms with van der Waals surface area (Å²) in [6, 6.07) is 6.52. The third-order valence-electron chi connectivity index (χ3n) is 6.01. The maximum atomic E-state index is 12.6. The van der Waals surface area contributed by atoms with Crippen LogP contribution in [-0.2, 0) is 0 Å². The molecule has 2 unspecified atom stereocenters. The van der Waals surface area contributed by atoms with Crippen molar-refractivity contribution in [1.82, 2.24) is 10.2 Å². The van der Waals surface area contributed by atoms with Crippen molar-refractivity contribution in [3.8, 4) is 5.75 Å². The van der Waals surface area contributed by atoms with Crippen molar-refractivity contribution >= 4 is 29.9 Å². The smallest absolute Gasteiger partial charge is 0.405 e. The summed E-state index contributed by atoms with van der Waals surface area (Å²) in [6.07, 6.45) is 1.25. The molecule has 1 aromatic carbocycles. The molecular weight excluding hydrogens is 470 g/mol. The number of hydrogen-bond acceptors (Lipinski definition) is 2. The average Bonchev–Trinajstić information content (AvgIpc) is 3.15. The van der Waals surface area contributed by atoms with E-state index in [2.05, 4.69) is 19.9 Å². The van der Waals surface area contributed by atoms with Gasteiger partial charge in [-0.2, -0.15) is 0 Å². The zero-order chi connectivity index (χ0) is 18.4. The lowest BCUT2D eigenvalue weighted by atomic mass is 9.68. The van der Waals surface area contributed by atoms with Crippen LogP contribution in [-0.4, -0.2) is 43.4 Å². The third-order valence-corrected chi connectivity index (χ3v) is 6.01. The van der Waals surface area contributed by atoms with Gasteiger partial charge in [0.05, 0.1) is 0 Å². The summed E-state index contributed by atoms with van der Waals surface area (Å²) in [5, 5.41) is 3.45. The van der Waals surface area contributed by atoms with Gasteiger partial charge in [-0.1, -0.05) is 24.6 Å². The van der Waals surface area contributed by atoms with Crippen LogP contribution in [0.1, 0.15) is 43.6 Å². The van der Waals surface area contributed by atoms with Crippen LogP contribution < -0.4 is 10.1 Å². The van der Waals surface area contributed by atoms with Gasteiger partial charge in [0.15, 0.2) is 5.96 Å². The molecule has 1 saturated heterocycles. The van der Waals surface area contributed by atoms with Crippen molar-refractivity contribution in [3.05, 3.63) is 29.8 Å². The number of para-hydroxylation sites is 1. The molecule has 0 aromatic heterocycles. The Balaban J connectivity index is 0.00000210. The minimum atomic E-state index is -4.67. The van der Waals surface area contributed by atoms with Crippen LogP contribution in [0, 0.1) is 5.41 Å². The van der Waals surface area contributed by atoms with Crippen LogP contribution in [0.2, 0.25) is 0 Å². The Morgan fingerprint density at radius 2 is 2.00 bits per heavy atom. The van der Waals surface area contributed by atoms with E-state index in [-0.39, 0.29) is 41.7 Å². The zero-order valence-electron chi connectivity index (χ0n) is 15.3. The van der Waals surface area contributed by atoms with Gasteiger partial charge in [-0.15, -0.1) is 37.1 Å². The van der Waals surface area contributed by atoms with E-state index in [0.29, 0.717) is 11.0 Å². The van der Waals surface area contributed by atoms with Crippen LogP contribution in [0.4, 0.5) is 13.2 Å². The van der Waals surface area contributed by atoms with Crippen LogP contribution in [0.15, 0.2) is 29.3 Å². The molecule has 0 bridgehead atoms. The molecule has 4 nitrogen and oxygen atoms in total. The second-order valence-electron chi connectivity index (χ2n) is 7.75. The van der Waals surface area contributed by atoms with E-state index >= 15 is 0 Å². The quantitative estimate of drug-likeness (QED) is 0.381. The number of guanidine groups is 1. The normalized spacial score (nSPS) is 26.4. The Kier molecular flexibility index (Phi) is 5.84. The molecule has 2 atom stereocenters. The Labute approximate surface area is 174 Å². The number of likely N-dealkylation sites (tertiary alicyclic amines) is 1. The summed E-state index contributed by atoms with van der Waals surface area (Å²) in [7, 11) is 1.77. The largest absolute Gasteiger partial charge is 0.573 e. The van der Waals surface area contributed by atoms with Gasteiger partial charge in [0, 0.05) is 32.1 Å². The maximum Gasteiger partial charge on any atom is 0.573 e. The van der Waals surface area contributed by atoms with E-state index in [1.54, 1.807) is 25.2 Å². The molecule has 2 saturated carbocycles. The first-order valence-electron chi connectivity index (χ1n) is 9.22. The Morgan fingerprint density at radius 1 is 1.26 bits per heavy atom. The summed E-state index contributed by atoms with van der Waals surface area (Å²) in [5.74, 6) is 0.792. The number of ether oxygens (including phenoxy) is 1. The molecule has 1 spiro atoms. The Morgan fingerprint density at radius 3 is 2.59 bits per heavy atom. The fraction of sp³-hybridized carbons (Fsp3) is 0.632. The lowest BCUT2D eigenvalue weighted by Crippen LogP contribution is -2.43. The van der Waals surface area contributed by atoms with Gasteiger partial charge in [-0.05, 0) is 42.7 Å². The first-order chi connectivity index (χ1) is 12.4. The molecule has 1 aromatic rings. The number of aliphatic imine (C=N–C) groups is 1. The number of benzene rings is 1. The molecule has 27 heavy (non-hydrogen) atoms. The van der Waals surface area contributed by atoms with Crippen molar-refractivity contribution < 1.29 is 17.9 Å². The molecule has 0 radical (unpaired) electrons. The van der Waals surface area contributed by atoms with Crippen molar-refractivity contribution in [3.63, 3.8) is 0 Å². The minimum absolute atomic E-state index is 0. The summed E-state index contributed by atoms with van der Waals surface area (Å²) >= 11 is 0. The zero-order valence-corrected chi connectivity index (χ0v) is 17.6. The van der Waals surface area contributed by atoms with Gasteiger partial charge < -0.3 is 15.0 Å². The first-order valence-corrected chi connectivity index (χ1v) is 9.22. The number of halogens is 4. The fourth-order valence-corrected chi connectivity index (χ4v) is 4.37. The fourth-order valence-electron chi connectivity index (χ4n) is 4.37. The molecule has 1 heterocycles. The first kappa shape index (κ1) is 20.5. The standard InChI is InChI=1S/C19H24F3N3O.HI/c1-23-17(25-10-9-18(12-25)7-4-8-18)24-15-11-14(15)13-5-2-3-6-16(13)26-19(20,21)22;/h2-3,5-6,14-15H,4,7-12H2,1H3,(H,23,24);1H. The van der Waals surface area contributed by atoms with Crippen molar-refractivity contribution in [2.45, 2.75) is 50.4 Å². The molecule has 8 heteroatoms. The van der Waals surface area contributed by atoms with Crippen molar-refractivity contribution in [2.24, 2.45) is 10.4 Å². The van der Waals surface area contributed by atoms with Crippen LogP contribution in [0.25, 0.3) is 0 Å². The number of nitrogens with zero attached hydrogens (tertiary/aromatic N) is 2. The molecular formula is C19H25F3IN3O. The summed E-state index contributed by atoms with van der Waals surface area (Å²) in [6.45, 7) is 2.04. The van der Waals surface area contributed by atoms with Gasteiger partial charge in [-0.25, -0.2) is 0 Å². The topological polar surface area (TPSA) is 36.9 Å². The number of alkyl halides is 3. The Bertz CT molecular complexity index is 706. The van der Waals surface area contributed by atoms with Crippen LogP contribution >= 0.6 is 24.0 Å². The predicted octanol–water partition coefficient (Wildman–Crippen LogP) is 4.51. The van der Waals surface area contributed by atoms with Crippen LogP contribution in [0.3, 0.4) is 0 Å². The number of hydrogen-bond donors (Lipinski definition) is 1.